The van der Waals surface area contributed by atoms with E-state index in [1.807, 2.05) is 6.92 Å². The van der Waals surface area contributed by atoms with Crippen LogP contribution in [0.4, 0.5) is 0 Å². The second kappa shape index (κ2) is 5.32. The second-order valence-corrected chi connectivity index (χ2v) is 3.90. The Labute approximate surface area is 85.6 Å². The molecular weight excluding hydrogens is 180 g/mol. The fourth-order valence-corrected chi connectivity index (χ4v) is 1.79. The zero-order chi connectivity index (χ0) is 10.6. The predicted molar refractivity (Wildman–Crippen MR) is 55.1 cm³/mol. The van der Waals surface area contributed by atoms with E-state index in [0.29, 0.717) is 12.6 Å². The van der Waals surface area contributed by atoms with Crippen molar-refractivity contribution in [1.82, 2.24) is 10.2 Å². The van der Waals surface area contributed by atoms with E-state index < -0.39 is 0 Å². The highest BCUT2D eigenvalue weighted by atomic mass is 16.5. The molecule has 1 rings (SSSR count). The van der Waals surface area contributed by atoms with Gasteiger partial charge in [0.05, 0.1) is 6.61 Å². The van der Waals surface area contributed by atoms with Crippen LogP contribution in [0.2, 0.25) is 0 Å². The Morgan fingerprint density at radius 3 is 2.86 bits per heavy atom. The van der Waals surface area contributed by atoms with E-state index in [-0.39, 0.29) is 12.0 Å². The molecule has 0 radical (unpaired) electrons. The van der Waals surface area contributed by atoms with Crippen molar-refractivity contribution in [1.29, 1.82) is 0 Å². The van der Waals surface area contributed by atoms with Crippen molar-refractivity contribution >= 4 is 5.97 Å². The monoisotopic (exact) mass is 200 g/mol. The Balaban J connectivity index is 2.43. The van der Waals surface area contributed by atoms with Gasteiger partial charge in [-0.1, -0.05) is 0 Å². The van der Waals surface area contributed by atoms with E-state index in [9.17, 15) is 4.79 Å². The lowest BCUT2D eigenvalue weighted by Gasteiger charge is -2.32. The van der Waals surface area contributed by atoms with E-state index in [2.05, 4.69) is 24.3 Å². The van der Waals surface area contributed by atoms with Gasteiger partial charge >= 0.3 is 5.97 Å². The van der Waals surface area contributed by atoms with Gasteiger partial charge in [-0.25, -0.2) is 0 Å². The highest BCUT2D eigenvalue weighted by Gasteiger charge is 2.28. The first-order valence-corrected chi connectivity index (χ1v) is 5.21. The van der Waals surface area contributed by atoms with E-state index in [1.165, 1.54) is 0 Å². The minimum Gasteiger partial charge on any atom is -0.465 e. The maximum absolute atomic E-state index is 11.5. The van der Waals surface area contributed by atoms with Gasteiger partial charge < -0.3 is 15.0 Å². The highest BCUT2D eigenvalue weighted by Crippen LogP contribution is 2.13. The Kier molecular flexibility index (Phi) is 4.35. The third-order valence-electron chi connectivity index (χ3n) is 2.68. The Morgan fingerprint density at radius 2 is 2.29 bits per heavy atom. The summed E-state index contributed by atoms with van der Waals surface area (Å²) in [6.45, 7) is 3.19. The molecule has 0 aromatic heterocycles. The molecule has 82 valence electrons. The van der Waals surface area contributed by atoms with Crippen LogP contribution in [-0.2, 0) is 9.53 Å². The summed E-state index contributed by atoms with van der Waals surface area (Å²) in [4.78, 5) is 13.6. The molecule has 1 heterocycles. The number of carbonyl (C=O) groups excluding carboxylic acids is 1. The molecule has 0 saturated carbocycles. The van der Waals surface area contributed by atoms with E-state index in [0.717, 1.165) is 19.4 Å². The summed E-state index contributed by atoms with van der Waals surface area (Å²) in [6, 6.07) is 0.377. The van der Waals surface area contributed by atoms with Crippen LogP contribution < -0.4 is 5.32 Å². The van der Waals surface area contributed by atoms with Crippen molar-refractivity contribution in [3.8, 4) is 0 Å². The van der Waals surface area contributed by atoms with Crippen LogP contribution in [0.3, 0.4) is 0 Å². The molecule has 0 spiro atoms. The molecule has 1 fully saturated rings. The van der Waals surface area contributed by atoms with Crippen LogP contribution in [0, 0.1) is 0 Å². The number of hydrogen-bond acceptors (Lipinski definition) is 4. The first-order valence-electron chi connectivity index (χ1n) is 5.21. The molecule has 0 aromatic carbocycles. The number of ether oxygens (including phenoxy) is 1. The first kappa shape index (κ1) is 11.5. The molecule has 1 N–H and O–H groups in total. The maximum Gasteiger partial charge on any atom is 0.323 e. The predicted octanol–water partition coefficient (Wildman–Crippen LogP) is 0.232. The molecular formula is C10H20N2O2. The van der Waals surface area contributed by atoms with E-state index in [1.54, 1.807) is 0 Å². The van der Waals surface area contributed by atoms with Crippen molar-refractivity contribution in [2.24, 2.45) is 0 Å². The average molecular weight is 200 g/mol. The van der Waals surface area contributed by atoms with Gasteiger partial charge in [0.15, 0.2) is 0 Å². The zero-order valence-corrected chi connectivity index (χ0v) is 9.25. The number of rotatable bonds is 3. The van der Waals surface area contributed by atoms with Gasteiger partial charge in [0.25, 0.3) is 0 Å². The molecule has 0 amide bonds. The first-order chi connectivity index (χ1) is 6.65. The summed E-state index contributed by atoms with van der Waals surface area (Å²) in [5, 5.41) is 3.19. The highest BCUT2D eigenvalue weighted by molar-refractivity contribution is 5.75. The molecule has 14 heavy (non-hydrogen) atoms. The Bertz CT molecular complexity index is 195. The Hall–Kier alpha value is -0.610. The van der Waals surface area contributed by atoms with E-state index >= 15 is 0 Å². The number of nitrogens with zero attached hydrogens (tertiary/aromatic N) is 1. The van der Waals surface area contributed by atoms with Crippen LogP contribution in [0.25, 0.3) is 0 Å². The van der Waals surface area contributed by atoms with Crippen LogP contribution >= 0.6 is 0 Å². The molecule has 1 aliphatic rings. The molecule has 2 atom stereocenters. The lowest BCUT2D eigenvalue weighted by Crippen LogP contribution is -2.49. The van der Waals surface area contributed by atoms with Gasteiger partial charge in [0.2, 0.25) is 0 Å². The second-order valence-electron chi connectivity index (χ2n) is 3.90. The maximum atomic E-state index is 11.5. The largest absolute Gasteiger partial charge is 0.465 e. The van der Waals surface area contributed by atoms with Gasteiger partial charge in [-0.15, -0.1) is 0 Å². The van der Waals surface area contributed by atoms with Gasteiger partial charge in [-0.2, -0.15) is 0 Å². The van der Waals surface area contributed by atoms with Gasteiger partial charge in [0.1, 0.15) is 6.04 Å². The number of nitrogens with one attached hydrogen (secondary N) is 1. The van der Waals surface area contributed by atoms with Gasteiger partial charge in [-0.05, 0) is 40.4 Å². The third kappa shape index (κ3) is 2.96. The normalized spacial score (nSPS) is 27.7. The fourth-order valence-electron chi connectivity index (χ4n) is 1.79. The van der Waals surface area contributed by atoms with Crippen molar-refractivity contribution < 1.29 is 9.53 Å². The molecule has 4 heteroatoms. The zero-order valence-electron chi connectivity index (χ0n) is 9.25. The summed E-state index contributed by atoms with van der Waals surface area (Å²) in [6.07, 6.45) is 1.95. The Morgan fingerprint density at radius 1 is 1.57 bits per heavy atom. The summed E-state index contributed by atoms with van der Waals surface area (Å²) >= 11 is 0. The smallest absolute Gasteiger partial charge is 0.323 e. The number of esters is 1. The van der Waals surface area contributed by atoms with E-state index in [4.69, 9.17) is 4.74 Å². The summed E-state index contributed by atoms with van der Waals surface area (Å²) in [7, 11) is 4.11. The van der Waals surface area contributed by atoms with Crippen LogP contribution in [-0.4, -0.2) is 50.2 Å². The summed E-state index contributed by atoms with van der Waals surface area (Å²) < 4.78 is 4.99. The number of carbonyl (C=O) groups is 1. The van der Waals surface area contributed by atoms with Crippen molar-refractivity contribution in [3.05, 3.63) is 0 Å². The number of piperidine rings is 1. The van der Waals surface area contributed by atoms with Gasteiger partial charge in [-0.3, -0.25) is 4.79 Å². The average Bonchev–Trinajstić information content (AvgIpc) is 2.18. The molecule has 2 unspecified atom stereocenters. The lowest BCUT2D eigenvalue weighted by molar-refractivity contribution is -0.146. The van der Waals surface area contributed by atoms with Gasteiger partial charge in [0, 0.05) is 6.04 Å². The van der Waals surface area contributed by atoms with Crippen molar-refractivity contribution in [2.45, 2.75) is 31.8 Å². The molecule has 0 aromatic rings. The van der Waals surface area contributed by atoms with Crippen LogP contribution in [0.15, 0.2) is 0 Å². The fraction of sp³-hybridized carbons (Fsp3) is 0.900. The number of hydrogen-bond donors (Lipinski definition) is 1. The SMILES string of the molecule is CCOC(=O)C1CC(N(C)C)CCN1. The molecule has 1 saturated heterocycles. The standard InChI is InChI=1S/C10H20N2O2/c1-4-14-10(13)9-7-8(12(2)3)5-6-11-9/h8-9,11H,4-7H2,1-3H3. The summed E-state index contributed by atoms with van der Waals surface area (Å²) in [5.41, 5.74) is 0. The topological polar surface area (TPSA) is 41.6 Å². The van der Waals surface area contributed by atoms with Crippen LogP contribution in [0.1, 0.15) is 19.8 Å². The minimum atomic E-state index is -0.115. The molecule has 0 bridgehead atoms. The quantitative estimate of drug-likeness (QED) is 0.662. The van der Waals surface area contributed by atoms with Crippen LogP contribution in [0.5, 0.6) is 0 Å². The third-order valence-corrected chi connectivity index (χ3v) is 2.68. The molecule has 0 aliphatic carbocycles. The summed E-state index contributed by atoms with van der Waals surface area (Å²) in [5.74, 6) is -0.112. The van der Waals surface area contributed by atoms with Crippen molar-refractivity contribution in [2.75, 3.05) is 27.2 Å². The van der Waals surface area contributed by atoms with Crippen molar-refractivity contribution in [3.63, 3.8) is 0 Å². The molecule has 1 aliphatic heterocycles. The lowest BCUT2D eigenvalue weighted by atomic mass is 9.99. The molecule has 4 nitrogen and oxygen atoms in total. The minimum absolute atomic E-state index is 0.112.